The second-order valence-electron chi connectivity index (χ2n) is 2.42. The van der Waals surface area contributed by atoms with Crippen molar-refractivity contribution in [2.24, 2.45) is 0 Å². The summed E-state index contributed by atoms with van der Waals surface area (Å²) in [5, 5.41) is 17.0. The molecule has 5 nitrogen and oxygen atoms in total. The van der Waals surface area contributed by atoms with Gasteiger partial charge in [0.15, 0.2) is 6.29 Å². The quantitative estimate of drug-likeness (QED) is 0.378. The van der Waals surface area contributed by atoms with Gasteiger partial charge in [-0.1, -0.05) is 0 Å². The Morgan fingerprint density at radius 1 is 1.00 bits per heavy atom. The number of aliphatic hydroxyl groups is 2. The van der Waals surface area contributed by atoms with Gasteiger partial charge in [0.05, 0.1) is 39.6 Å². The minimum Gasteiger partial charge on any atom is -0.394 e. The summed E-state index contributed by atoms with van der Waals surface area (Å²) in [4.78, 5) is 0. The first-order valence-corrected chi connectivity index (χ1v) is 4.33. The van der Waals surface area contributed by atoms with Crippen molar-refractivity contribution in [2.45, 2.75) is 13.2 Å². The van der Waals surface area contributed by atoms with Crippen LogP contribution in [0.3, 0.4) is 0 Å². The molecule has 13 heavy (non-hydrogen) atoms. The van der Waals surface area contributed by atoms with E-state index in [4.69, 9.17) is 24.4 Å². The van der Waals surface area contributed by atoms with E-state index in [1.165, 1.54) is 0 Å². The number of rotatable bonds is 9. The van der Waals surface area contributed by atoms with Crippen LogP contribution in [0.15, 0.2) is 0 Å². The average Bonchev–Trinajstić information content (AvgIpc) is 2.09. The molecule has 0 aromatic rings. The summed E-state index contributed by atoms with van der Waals surface area (Å²) in [6.45, 7) is 3.67. The van der Waals surface area contributed by atoms with Crippen molar-refractivity contribution in [2.75, 3.05) is 39.6 Å². The molecule has 0 saturated heterocycles. The fourth-order valence-corrected chi connectivity index (χ4v) is 0.664. The Balaban J connectivity index is 2.84. The molecule has 0 spiro atoms. The van der Waals surface area contributed by atoms with Crippen molar-refractivity contribution in [3.63, 3.8) is 0 Å². The van der Waals surface area contributed by atoms with Crippen LogP contribution >= 0.6 is 0 Å². The molecule has 0 aliphatic carbocycles. The zero-order chi connectivity index (χ0) is 9.94. The Morgan fingerprint density at radius 2 is 1.54 bits per heavy atom. The number of hydrogen-bond donors (Lipinski definition) is 2. The summed E-state index contributed by atoms with van der Waals surface area (Å²) in [5.41, 5.74) is 0. The highest BCUT2D eigenvalue weighted by molar-refractivity contribution is 4.33. The summed E-state index contributed by atoms with van der Waals surface area (Å²) in [6.07, 6.45) is -0.741. The van der Waals surface area contributed by atoms with Gasteiger partial charge in [-0.15, -0.1) is 0 Å². The third-order valence-electron chi connectivity index (χ3n) is 1.19. The molecule has 5 heteroatoms. The van der Waals surface area contributed by atoms with E-state index in [1.807, 2.05) is 0 Å². The lowest BCUT2D eigenvalue weighted by Crippen LogP contribution is -2.14. The molecular weight excluding hydrogens is 176 g/mol. The Morgan fingerprint density at radius 3 is 2.08 bits per heavy atom. The summed E-state index contributed by atoms with van der Waals surface area (Å²) in [6, 6.07) is 0. The van der Waals surface area contributed by atoms with Gasteiger partial charge in [0, 0.05) is 0 Å². The second-order valence-corrected chi connectivity index (χ2v) is 2.42. The molecule has 0 rings (SSSR count). The molecule has 0 heterocycles. The summed E-state index contributed by atoms with van der Waals surface area (Å²) in [7, 11) is 0. The Kier molecular flexibility index (Phi) is 9.73. The van der Waals surface area contributed by atoms with Gasteiger partial charge >= 0.3 is 0 Å². The lowest BCUT2D eigenvalue weighted by molar-refractivity contribution is -0.102. The van der Waals surface area contributed by atoms with Crippen LogP contribution in [0, 0.1) is 0 Å². The van der Waals surface area contributed by atoms with Crippen LogP contribution in [0.5, 0.6) is 0 Å². The molecule has 0 aromatic heterocycles. The molecule has 2 N–H and O–H groups in total. The Hall–Kier alpha value is -0.200. The lowest BCUT2D eigenvalue weighted by atomic mass is 10.7. The smallest absolute Gasteiger partial charge is 0.151 e. The first kappa shape index (κ1) is 12.8. The third-order valence-corrected chi connectivity index (χ3v) is 1.19. The van der Waals surface area contributed by atoms with Gasteiger partial charge in [-0.3, -0.25) is 0 Å². The van der Waals surface area contributed by atoms with Crippen molar-refractivity contribution in [3.8, 4) is 0 Å². The van der Waals surface area contributed by atoms with Crippen LogP contribution in [0.4, 0.5) is 0 Å². The lowest BCUT2D eigenvalue weighted by Gasteiger charge is -2.07. The summed E-state index contributed by atoms with van der Waals surface area (Å²) < 4.78 is 14.9. The van der Waals surface area contributed by atoms with E-state index in [0.717, 1.165) is 0 Å². The first-order chi connectivity index (χ1) is 6.27. The predicted octanol–water partition coefficient (Wildman–Crippen LogP) is -0.633. The zero-order valence-corrected chi connectivity index (χ0v) is 7.94. The topological polar surface area (TPSA) is 68.2 Å². The molecule has 1 atom stereocenters. The summed E-state index contributed by atoms with van der Waals surface area (Å²) in [5.74, 6) is 0. The molecule has 0 amide bonds. The van der Waals surface area contributed by atoms with E-state index >= 15 is 0 Å². The van der Waals surface area contributed by atoms with Crippen molar-refractivity contribution in [3.05, 3.63) is 0 Å². The molecular formula is C8H18O5. The van der Waals surface area contributed by atoms with E-state index in [2.05, 4.69) is 0 Å². The molecule has 0 aliphatic rings. The first-order valence-electron chi connectivity index (χ1n) is 4.33. The van der Waals surface area contributed by atoms with Gasteiger partial charge in [-0.25, -0.2) is 0 Å². The van der Waals surface area contributed by atoms with Gasteiger partial charge in [0.2, 0.25) is 0 Å². The molecule has 0 fully saturated rings. The van der Waals surface area contributed by atoms with Gasteiger partial charge in [0.25, 0.3) is 0 Å². The molecule has 1 unspecified atom stereocenters. The van der Waals surface area contributed by atoms with Crippen LogP contribution in [0.1, 0.15) is 6.92 Å². The maximum Gasteiger partial charge on any atom is 0.151 e. The maximum atomic E-state index is 8.69. The van der Waals surface area contributed by atoms with Crippen LogP contribution in [0.2, 0.25) is 0 Å². The summed E-state index contributed by atoms with van der Waals surface area (Å²) >= 11 is 0. The van der Waals surface area contributed by atoms with Crippen molar-refractivity contribution >= 4 is 0 Å². The van der Waals surface area contributed by atoms with E-state index in [1.54, 1.807) is 6.92 Å². The largest absolute Gasteiger partial charge is 0.394 e. The van der Waals surface area contributed by atoms with Gasteiger partial charge < -0.3 is 24.4 Å². The fourth-order valence-electron chi connectivity index (χ4n) is 0.664. The Bertz CT molecular complexity index is 96.5. The monoisotopic (exact) mass is 194 g/mol. The molecule has 0 bridgehead atoms. The number of aliphatic hydroxyl groups excluding tert-OH is 2. The van der Waals surface area contributed by atoms with Gasteiger partial charge in [-0.2, -0.15) is 0 Å². The fraction of sp³-hybridized carbons (Fsp3) is 1.00. The van der Waals surface area contributed by atoms with Crippen molar-refractivity contribution in [1.82, 2.24) is 0 Å². The van der Waals surface area contributed by atoms with Crippen LogP contribution in [0.25, 0.3) is 0 Å². The maximum absolute atomic E-state index is 8.69. The van der Waals surface area contributed by atoms with Crippen LogP contribution in [-0.2, 0) is 14.2 Å². The normalized spacial score (nSPS) is 13.2. The van der Waals surface area contributed by atoms with E-state index in [0.29, 0.717) is 33.0 Å². The molecule has 0 radical (unpaired) electrons. The molecule has 0 aromatic carbocycles. The van der Waals surface area contributed by atoms with Gasteiger partial charge in [-0.05, 0) is 6.92 Å². The number of ether oxygens (including phenoxy) is 3. The SMILES string of the molecule is CC(O)OCCOCCOCCO. The zero-order valence-electron chi connectivity index (χ0n) is 7.94. The molecule has 80 valence electrons. The highest BCUT2D eigenvalue weighted by Gasteiger charge is 1.94. The van der Waals surface area contributed by atoms with E-state index in [9.17, 15) is 0 Å². The highest BCUT2D eigenvalue weighted by Crippen LogP contribution is 1.84. The third kappa shape index (κ3) is 11.8. The van der Waals surface area contributed by atoms with Gasteiger partial charge in [0.1, 0.15) is 0 Å². The minimum absolute atomic E-state index is 0.0329. The van der Waals surface area contributed by atoms with E-state index in [-0.39, 0.29) is 6.61 Å². The average molecular weight is 194 g/mol. The Labute approximate surface area is 78.2 Å². The highest BCUT2D eigenvalue weighted by atomic mass is 16.6. The van der Waals surface area contributed by atoms with Crippen LogP contribution < -0.4 is 0 Å². The van der Waals surface area contributed by atoms with E-state index < -0.39 is 6.29 Å². The minimum atomic E-state index is -0.741. The molecule has 0 aliphatic heterocycles. The molecule has 0 saturated carbocycles. The number of hydrogen-bond acceptors (Lipinski definition) is 5. The second kappa shape index (κ2) is 9.88. The standard InChI is InChI=1S/C8H18O5/c1-8(10)13-7-6-12-5-4-11-3-2-9/h8-10H,2-7H2,1H3. The van der Waals surface area contributed by atoms with Crippen molar-refractivity contribution in [1.29, 1.82) is 0 Å². The van der Waals surface area contributed by atoms with Crippen LogP contribution in [-0.4, -0.2) is 56.1 Å². The van der Waals surface area contributed by atoms with Crippen molar-refractivity contribution < 1.29 is 24.4 Å². The predicted molar refractivity (Wildman–Crippen MR) is 46.4 cm³/mol.